The maximum Gasteiger partial charge on any atom is 0.0621 e. The summed E-state index contributed by atoms with van der Waals surface area (Å²) in [4.78, 5) is 0. The number of aryl methyl sites for hydroxylation is 1. The number of hydrogen-bond acceptors (Lipinski definition) is 2. The van der Waals surface area contributed by atoms with Crippen LogP contribution in [0.5, 0.6) is 0 Å². The third-order valence-corrected chi connectivity index (χ3v) is 2.80. The fourth-order valence-electron chi connectivity index (χ4n) is 1.70. The summed E-state index contributed by atoms with van der Waals surface area (Å²) < 4.78 is 0. The van der Waals surface area contributed by atoms with E-state index in [1.165, 1.54) is 11.1 Å². The molecule has 0 atom stereocenters. The van der Waals surface area contributed by atoms with Gasteiger partial charge in [0.1, 0.15) is 0 Å². The number of anilines is 2. The van der Waals surface area contributed by atoms with Crippen LogP contribution in [0.15, 0.2) is 42.5 Å². The lowest BCUT2D eigenvalue weighted by molar-refractivity contribution is 1.45. The highest BCUT2D eigenvalue weighted by Crippen LogP contribution is 2.22. The number of rotatable bonds is 2. The molecule has 0 aliphatic rings. The van der Waals surface area contributed by atoms with Crippen molar-refractivity contribution < 1.29 is 0 Å². The molecule has 2 aromatic rings. The summed E-state index contributed by atoms with van der Waals surface area (Å²) in [6.45, 7) is 2.09. The van der Waals surface area contributed by atoms with Crippen molar-refractivity contribution in [3.8, 4) is 0 Å². The van der Waals surface area contributed by atoms with Crippen molar-refractivity contribution in [3.63, 3.8) is 0 Å². The normalized spacial score (nSPS) is 10.9. The van der Waals surface area contributed by atoms with E-state index in [1.54, 1.807) is 6.07 Å². The van der Waals surface area contributed by atoms with Crippen molar-refractivity contribution in [2.45, 2.75) is 6.92 Å². The number of nitrogens with two attached hydrogens (primary N) is 2. The molecule has 0 spiro atoms. The molecule has 0 aliphatic carbocycles. The SMILES string of the molecule is Cc1ccccc1/C=C/c1cccc(N)c1N. The summed E-state index contributed by atoms with van der Waals surface area (Å²) in [5, 5.41) is 0. The Kier molecular flexibility index (Phi) is 3.15. The van der Waals surface area contributed by atoms with E-state index < -0.39 is 0 Å². The zero-order valence-corrected chi connectivity index (χ0v) is 9.85. The molecular weight excluding hydrogens is 208 g/mol. The Hall–Kier alpha value is -2.22. The van der Waals surface area contributed by atoms with Gasteiger partial charge in [-0.25, -0.2) is 0 Å². The summed E-state index contributed by atoms with van der Waals surface area (Å²) in [5.74, 6) is 0. The van der Waals surface area contributed by atoms with Crippen LogP contribution in [0.4, 0.5) is 11.4 Å². The summed E-state index contributed by atoms with van der Waals surface area (Å²) in [6.07, 6.45) is 4.05. The molecule has 0 radical (unpaired) electrons. The molecule has 86 valence electrons. The molecule has 2 heteroatoms. The first-order chi connectivity index (χ1) is 8.18. The van der Waals surface area contributed by atoms with Crippen molar-refractivity contribution >= 4 is 23.5 Å². The first-order valence-electron chi connectivity index (χ1n) is 5.56. The van der Waals surface area contributed by atoms with Crippen LogP contribution < -0.4 is 11.5 Å². The van der Waals surface area contributed by atoms with E-state index in [4.69, 9.17) is 11.5 Å². The zero-order valence-electron chi connectivity index (χ0n) is 9.85. The van der Waals surface area contributed by atoms with E-state index >= 15 is 0 Å². The third-order valence-electron chi connectivity index (χ3n) is 2.80. The lowest BCUT2D eigenvalue weighted by atomic mass is 10.1. The lowest BCUT2D eigenvalue weighted by Crippen LogP contribution is -1.96. The van der Waals surface area contributed by atoms with Crippen molar-refractivity contribution in [2.75, 3.05) is 11.5 Å². The largest absolute Gasteiger partial charge is 0.397 e. The molecule has 4 N–H and O–H groups in total. The Labute approximate surface area is 102 Å². The summed E-state index contributed by atoms with van der Waals surface area (Å²) >= 11 is 0. The van der Waals surface area contributed by atoms with Gasteiger partial charge < -0.3 is 11.5 Å². The van der Waals surface area contributed by atoms with E-state index in [-0.39, 0.29) is 0 Å². The van der Waals surface area contributed by atoms with E-state index in [0.29, 0.717) is 11.4 Å². The quantitative estimate of drug-likeness (QED) is 0.607. The van der Waals surface area contributed by atoms with E-state index in [0.717, 1.165) is 5.56 Å². The Morgan fingerprint density at radius 3 is 2.24 bits per heavy atom. The smallest absolute Gasteiger partial charge is 0.0621 e. The molecule has 0 amide bonds. The summed E-state index contributed by atoms with van der Waals surface area (Å²) in [6, 6.07) is 13.9. The fourth-order valence-corrected chi connectivity index (χ4v) is 1.70. The van der Waals surface area contributed by atoms with Crippen LogP contribution in [-0.4, -0.2) is 0 Å². The Bertz CT molecular complexity index is 557. The summed E-state index contributed by atoms with van der Waals surface area (Å²) in [7, 11) is 0. The molecule has 2 nitrogen and oxygen atoms in total. The first-order valence-corrected chi connectivity index (χ1v) is 5.56. The number of benzene rings is 2. The van der Waals surface area contributed by atoms with Gasteiger partial charge in [0.2, 0.25) is 0 Å². The minimum Gasteiger partial charge on any atom is -0.397 e. The van der Waals surface area contributed by atoms with Crippen LogP contribution in [-0.2, 0) is 0 Å². The standard InChI is InChI=1S/C15H16N2/c1-11-5-2-3-6-12(11)9-10-13-7-4-8-14(16)15(13)17/h2-10H,16-17H2,1H3/b10-9+. The first kappa shape index (κ1) is 11.3. The zero-order chi connectivity index (χ0) is 12.3. The molecule has 2 aromatic carbocycles. The average molecular weight is 224 g/mol. The molecule has 0 aromatic heterocycles. The molecule has 2 rings (SSSR count). The third kappa shape index (κ3) is 2.48. The highest BCUT2D eigenvalue weighted by atomic mass is 14.7. The highest BCUT2D eigenvalue weighted by Gasteiger charge is 1.98. The van der Waals surface area contributed by atoms with E-state index in [9.17, 15) is 0 Å². The van der Waals surface area contributed by atoms with Gasteiger partial charge in [0.05, 0.1) is 11.4 Å². The molecule has 0 saturated carbocycles. The van der Waals surface area contributed by atoms with Gasteiger partial charge in [-0.05, 0) is 29.7 Å². The molecule has 17 heavy (non-hydrogen) atoms. The predicted molar refractivity (Wildman–Crippen MR) is 75.4 cm³/mol. The number of hydrogen-bond donors (Lipinski definition) is 2. The maximum absolute atomic E-state index is 5.91. The Morgan fingerprint density at radius 2 is 1.47 bits per heavy atom. The lowest BCUT2D eigenvalue weighted by Gasteiger charge is -2.04. The minimum atomic E-state index is 0.622. The Morgan fingerprint density at radius 1 is 0.824 bits per heavy atom. The van der Waals surface area contributed by atoms with Crippen LogP contribution in [0, 0.1) is 6.92 Å². The topological polar surface area (TPSA) is 52.0 Å². The molecule has 0 heterocycles. The predicted octanol–water partition coefficient (Wildman–Crippen LogP) is 3.33. The molecule has 0 unspecified atom stereocenters. The van der Waals surface area contributed by atoms with Gasteiger partial charge in [-0.3, -0.25) is 0 Å². The van der Waals surface area contributed by atoms with Crippen molar-refractivity contribution in [3.05, 3.63) is 59.2 Å². The van der Waals surface area contributed by atoms with Gasteiger partial charge in [-0.1, -0.05) is 48.6 Å². The highest BCUT2D eigenvalue weighted by molar-refractivity contribution is 5.81. The second kappa shape index (κ2) is 4.74. The van der Waals surface area contributed by atoms with Crippen LogP contribution in [0.2, 0.25) is 0 Å². The molecule has 0 fully saturated rings. The van der Waals surface area contributed by atoms with E-state index in [1.807, 2.05) is 30.3 Å². The van der Waals surface area contributed by atoms with Crippen molar-refractivity contribution in [2.24, 2.45) is 0 Å². The van der Waals surface area contributed by atoms with Crippen molar-refractivity contribution in [1.82, 2.24) is 0 Å². The minimum absolute atomic E-state index is 0.622. The van der Waals surface area contributed by atoms with Gasteiger partial charge in [0, 0.05) is 0 Å². The second-order valence-electron chi connectivity index (χ2n) is 4.04. The van der Waals surface area contributed by atoms with E-state index in [2.05, 4.69) is 25.1 Å². The second-order valence-corrected chi connectivity index (χ2v) is 4.04. The number of nitrogen functional groups attached to an aromatic ring is 2. The average Bonchev–Trinajstić information content (AvgIpc) is 2.33. The molecule has 0 aliphatic heterocycles. The monoisotopic (exact) mass is 224 g/mol. The van der Waals surface area contributed by atoms with Gasteiger partial charge >= 0.3 is 0 Å². The van der Waals surface area contributed by atoms with Gasteiger partial charge in [-0.2, -0.15) is 0 Å². The van der Waals surface area contributed by atoms with Gasteiger partial charge in [0.25, 0.3) is 0 Å². The van der Waals surface area contributed by atoms with Crippen LogP contribution >= 0.6 is 0 Å². The fraction of sp³-hybridized carbons (Fsp3) is 0.0667. The maximum atomic E-state index is 5.91. The Balaban J connectivity index is 2.33. The van der Waals surface area contributed by atoms with Crippen molar-refractivity contribution in [1.29, 1.82) is 0 Å². The molecular formula is C15H16N2. The van der Waals surface area contributed by atoms with Gasteiger partial charge in [0.15, 0.2) is 0 Å². The van der Waals surface area contributed by atoms with Crippen LogP contribution in [0.25, 0.3) is 12.2 Å². The molecule has 0 bridgehead atoms. The van der Waals surface area contributed by atoms with Crippen LogP contribution in [0.1, 0.15) is 16.7 Å². The van der Waals surface area contributed by atoms with Crippen LogP contribution in [0.3, 0.4) is 0 Å². The van der Waals surface area contributed by atoms with Gasteiger partial charge in [-0.15, -0.1) is 0 Å². The number of para-hydroxylation sites is 1. The molecule has 0 saturated heterocycles. The summed E-state index contributed by atoms with van der Waals surface area (Å²) in [5.41, 5.74) is 16.3.